The highest BCUT2D eigenvalue weighted by atomic mass is 32.2. The van der Waals surface area contributed by atoms with Crippen molar-refractivity contribution in [1.82, 2.24) is 10.2 Å². The monoisotopic (exact) mass is 292 g/mol. The van der Waals surface area contributed by atoms with Gasteiger partial charge in [-0.1, -0.05) is 0 Å². The second kappa shape index (κ2) is 10.9. The van der Waals surface area contributed by atoms with Gasteiger partial charge in [0.25, 0.3) is 0 Å². The molecule has 0 bridgehead atoms. The highest BCUT2D eigenvalue weighted by Gasteiger charge is 2.21. The number of nitrogens with zero attached hydrogens (tertiary/aromatic N) is 1. The van der Waals surface area contributed by atoms with Crippen molar-refractivity contribution in [3.05, 3.63) is 0 Å². The number of nitrogens with one attached hydrogen (secondary N) is 1. The van der Waals surface area contributed by atoms with Gasteiger partial charge in [0.15, 0.2) is 0 Å². The van der Waals surface area contributed by atoms with Gasteiger partial charge in [-0.15, -0.1) is 0 Å². The maximum Gasteiger partial charge on any atom is 0.326 e. The lowest BCUT2D eigenvalue weighted by Crippen LogP contribution is -2.49. The third kappa shape index (κ3) is 7.94. The summed E-state index contributed by atoms with van der Waals surface area (Å²) >= 11 is 1.56. The minimum atomic E-state index is -0.997. The maximum atomic E-state index is 11.9. The first-order chi connectivity index (χ1) is 9.06. The Bertz CT molecular complexity index is 276. The summed E-state index contributed by atoms with van der Waals surface area (Å²) in [4.78, 5) is 24.5. The predicted molar refractivity (Wildman–Crippen MR) is 76.7 cm³/mol. The van der Waals surface area contributed by atoms with E-state index in [-0.39, 0.29) is 6.03 Å². The van der Waals surface area contributed by atoms with Crippen LogP contribution in [0.15, 0.2) is 0 Å². The van der Waals surface area contributed by atoms with Crippen molar-refractivity contribution < 1.29 is 19.4 Å². The van der Waals surface area contributed by atoms with Crippen molar-refractivity contribution in [1.29, 1.82) is 0 Å². The summed E-state index contributed by atoms with van der Waals surface area (Å²) in [5, 5.41) is 11.6. The molecule has 2 N–H and O–H groups in total. The summed E-state index contributed by atoms with van der Waals surface area (Å²) in [7, 11) is 0. The first-order valence-electron chi connectivity index (χ1n) is 6.41. The minimum absolute atomic E-state index is 0.351. The molecule has 19 heavy (non-hydrogen) atoms. The molecule has 0 aromatic rings. The van der Waals surface area contributed by atoms with Crippen LogP contribution >= 0.6 is 11.8 Å². The molecule has 0 aliphatic carbocycles. The van der Waals surface area contributed by atoms with E-state index in [0.29, 0.717) is 38.5 Å². The highest BCUT2D eigenvalue weighted by molar-refractivity contribution is 7.98. The molecular formula is C12H24N2O4S. The largest absolute Gasteiger partial charge is 0.480 e. The smallest absolute Gasteiger partial charge is 0.326 e. The van der Waals surface area contributed by atoms with E-state index in [2.05, 4.69) is 5.32 Å². The summed E-state index contributed by atoms with van der Waals surface area (Å²) in [6.07, 6.45) is 2.33. The highest BCUT2D eigenvalue weighted by Crippen LogP contribution is 2.02. The summed E-state index contributed by atoms with van der Waals surface area (Å²) in [6, 6.07) is -1.18. The Morgan fingerprint density at radius 1 is 1.42 bits per heavy atom. The Kier molecular flexibility index (Phi) is 10.4. The molecule has 1 atom stereocenters. The Labute approximate surface area is 118 Å². The lowest BCUT2D eigenvalue weighted by molar-refractivity contribution is -0.139. The normalized spacial score (nSPS) is 11.9. The number of thioether (sulfide) groups is 1. The van der Waals surface area contributed by atoms with Crippen LogP contribution in [0.3, 0.4) is 0 Å². The van der Waals surface area contributed by atoms with Gasteiger partial charge in [0, 0.05) is 19.7 Å². The van der Waals surface area contributed by atoms with Gasteiger partial charge in [-0.25, -0.2) is 9.59 Å². The van der Waals surface area contributed by atoms with Gasteiger partial charge in [-0.2, -0.15) is 11.8 Å². The molecule has 0 rings (SSSR count). The molecular weight excluding hydrogens is 268 g/mol. The molecule has 0 aromatic heterocycles. The number of carbonyl (C=O) groups is 2. The van der Waals surface area contributed by atoms with Gasteiger partial charge in [-0.3, -0.25) is 0 Å². The number of ether oxygens (including phenoxy) is 1. The quantitative estimate of drug-likeness (QED) is 0.593. The van der Waals surface area contributed by atoms with Crippen molar-refractivity contribution in [2.24, 2.45) is 0 Å². The van der Waals surface area contributed by atoms with Gasteiger partial charge in [0.05, 0.1) is 6.61 Å². The van der Waals surface area contributed by atoms with Crippen LogP contribution in [0.25, 0.3) is 0 Å². The van der Waals surface area contributed by atoms with Crippen molar-refractivity contribution in [3.8, 4) is 0 Å². The Balaban J connectivity index is 4.29. The molecule has 0 fully saturated rings. The number of hydrogen-bond donors (Lipinski definition) is 2. The summed E-state index contributed by atoms with van der Waals surface area (Å²) in [5.41, 5.74) is 0. The summed E-state index contributed by atoms with van der Waals surface area (Å²) < 4.78 is 5.19. The molecule has 112 valence electrons. The molecule has 0 heterocycles. The number of aliphatic carboxylic acids is 1. The van der Waals surface area contributed by atoms with Crippen molar-refractivity contribution in [2.75, 3.05) is 38.3 Å². The van der Waals surface area contributed by atoms with E-state index in [1.54, 1.807) is 16.7 Å². The van der Waals surface area contributed by atoms with E-state index in [4.69, 9.17) is 9.84 Å². The number of carboxylic acids is 1. The van der Waals surface area contributed by atoms with E-state index in [9.17, 15) is 9.59 Å². The molecule has 2 amide bonds. The van der Waals surface area contributed by atoms with Crippen LogP contribution in [0.4, 0.5) is 4.79 Å². The van der Waals surface area contributed by atoms with Crippen molar-refractivity contribution in [3.63, 3.8) is 0 Å². The van der Waals surface area contributed by atoms with Gasteiger partial charge >= 0.3 is 12.0 Å². The molecule has 0 spiro atoms. The molecule has 0 unspecified atom stereocenters. The minimum Gasteiger partial charge on any atom is -0.480 e. The zero-order valence-electron chi connectivity index (χ0n) is 11.8. The fourth-order valence-corrected chi connectivity index (χ4v) is 1.93. The number of likely N-dealkylation sites (N-methyl/N-ethyl adjacent to an activating group) is 1. The predicted octanol–water partition coefficient (Wildman–Crippen LogP) is 1.26. The fourth-order valence-electron chi connectivity index (χ4n) is 1.46. The fraction of sp³-hybridized carbons (Fsp3) is 0.833. The van der Waals surface area contributed by atoms with E-state index in [1.807, 2.05) is 20.1 Å². The third-order valence-electron chi connectivity index (χ3n) is 2.59. The lowest BCUT2D eigenvalue weighted by Gasteiger charge is -2.23. The van der Waals surface area contributed by atoms with Gasteiger partial charge in [0.1, 0.15) is 6.04 Å². The second-order valence-electron chi connectivity index (χ2n) is 3.90. The van der Waals surface area contributed by atoms with Crippen LogP contribution in [0.2, 0.25) is 0 Å². The molecule has 0 saturated heterocycles. The van der Waals surface area contributed by atoms with E-state index < -0.39 is 12.0 Å². The maximum absolute atomic E-state index is 11.9. The standard InChI is InChI=1S/C12H24N2O4S/c1-4-14(7-8-18-5-2)12(17)13-10(11(15)16)6-9-19-3/h10H,4-9H2,1-3H3,(H,13,17)(H,15,16)/t10-/m1/s1. The van der Waals surface area contributed by atoms with Crippen LogP contribution in [0.1, 0.15) is 20.3 Å². The molecule has 0 aliphatic heterocycles. The zero-order valence-corrected chi connectivity index (χ0v) is 12.7. The van der Waals surface area contributed by atoms with Gasteiger partial charge < -0.3 is 20.1 Å². The van der Waals surface area contributed by atoms with E-state index >= 15 is 0 Å². The van der Waals surface area contributed by atoms with Gasteiger partial charge in [-0.05, 0) is 32.3 Å². The Hall–Kier alpha value is -0.950. The molecule has 0 aliphatic rings. The van der Waals surface area contributed by atoms with Crippen LogP contribution in [0, 0.1) is 0 Å². The first kappa shape index (κ1) is 18.0. The van der Waals surface area contributed by atoms with Crippen molar-refractivity contribution in [2.45, 2.75) is 26.3 Å². The Morgan fingerprint density at radius 2 is 2.11 bits per heavy atom. The molecule has 7 heteroatoms. The van der Waals surface area contributed by atoms with Crippen LogP contribution in [0.5, 0.6) is 0 Å². The molecule has 0 radical (unpaired) electrons. The average Bonchev–Trinajstić information content (AvgIpc) is 2.39. The second-order valence-corrected chi connectivity index (χ2v) is 4.88. The number of carboxylic acid groups (broad SMARTS) is 1. The topological polar surface area (TPSA) is 78.9 Å². The number of rotatable bonds is 10. The zero-order chi connectivity index (χ0) is 14.7. The van der Waals surface area contributed by atoms with E-state index in [1.165, 1.54) is 0 Å². The first-order valence-corrected chi connectivity index (χ1v) is 7.81. The number of carbonyl (C=O) groups excluding carboxylic acids is 1. The summed E-state index contributed by atoms with van der Waals surface area (Å²) in [6.45, 7) is 5.78. The van der Waals surface area contributed by atoms with Gasteiger partial charge in [0.2, 0.25) is 0 Å². The van der Waals surface area contributed by atoms with Crippen molar-refractivity contribution >= 4 is 23.8 Å². The molecule has 6 nitrogen and oxygen atoms in total. The third-order valence-corrected chi connectivity index (χ3v) is 3.23. The Morgan fingerprint density at radius 3 is 2.58 bits per heavy atom. The number of hydrogen-bond acceptors (Lipinski definition) is 4. The lowest BCUT2D eigenvalue weighted by atomic mass is 10.2. The number of urea groups is 1. The molecule has 0 aromatic carbocycles. The average molecular weight is 292 g/mol. The van der Waals surface area contributed by atoms with Crippen LogP contribution in [-0.4, -0.2) is 66.4 Å². The molecule has 0 saturated carbocycles. The van der Waals surface area contributed by atoms with E-state index in [0.717, 1.165) is 0 Å². The summed E-state index contributed by atoms with van der Waals surface area (Å²) in [5.74, 6) is -0.300. The van der Waals surface area contributed by atoms with Crippen LogP contribution in [-0.2, 0) is 9.53 Å². The van der Waals surface area contributed by atoms with Crippen LogP contribution < -0.4 is 5.32 Å². The number of amides is 2. The SMILES string of the molecule is CCOCCN(CC)C(=O)N[C@H](CCSC)C(=O)O.